The number of thioether (sulfide) groups is 1. The quantitative estimate of drug-likeness (QED) is 0.874. The van der Waals surface area contributed by atoms with Crippen LogP contribution in [-0.4, -0.2) is 38.0 Å². The van der Waals surface area contributed by atoms with E-state index in [2.05, 4.69) is 48.5 Å². The maximum atomic E-state index is 4.19. The summed E-state index contributed by atoms with van der Waals surface area (Å²) in [6, 6.07) is 0.503. The van der Waals surface area contributed by atoms with Crippen LogP contribution in [0.4, 0.5) is 0 Å². The van der Waals surface area contributed by atoms with Crippen LogP contribution >= 0.6 is 11.8 Å². The molecule has 114 valence electrons. The van der Waals surface area contributed by atoms with Crippen molar-refractivity contribution in [3.8, 4) is 0 Å². The van der Waals surface area contributed by atoms with E-state index in [0.717, 1.165) is 30.1 Å². The van der Waals surface area contributed by atoms with Crippen LogP contribution in [0.15, 0.2) is 5.16 Å². The van der Waals surface area contributed by atoms with Gasteiger partial charge in [-0.1, -0.05) is 39.5 Å². The Balaban J connectivity index is 1.85. The largest absolute Gasteiger partial charge is 0.313 e. The van der Waals surface area contributed by atoms with E-state index in [1.807, 2.05) is 16.4 Å². The summed E-state index contributed by atoms with van der Waals surface area (Å²) < 4.78 is 1.93. The number of aromatic nitrogens is 4. The number of hydrogen-bond donors (Lipinski definition) is 1. The van der Waals surface area contributed by atoms with E-state index in [-0.39, 0.29) is 0 Å². The third kappa shape index (κ3) is 4.45. The molecule has 0 aliphatic heterocycles. The van der Waals surface area contributed by atoms with Gasteiger partial charge in [-0.05, 0) is 41.5 Å². The van der Waals surface area contributed by atoms with Crippen molar-refractivity contribution >= 4 is 11.8 Å². The minimum Gasteiger partial charge on any atom is -0.313 e. The van der Waals surface area contributed by atoms with Gasteiger partial charge < -0.3 is 5.32 Å². The normalized spacial score (nSPS) is 27.1. The highest BCUT2D eigenvalue weighted by molar-refractivity contribution is 7.99. The standard InChI is InChI=1S/C14H27N5S/c1-10(2)15-7-8-19-14(16-17-18-19)20-13-6-5-11(3)12(4)9-13/h10-13,15H,5-9H2,1-4H3. The van der Waals surface area contributed by atoms with E-state index in [1.54, 1.807) is 0 Å². The first kappa shape index (κ1) is 15.8. The zero-order chi connectivity index (χ0) is 14.5. The Hall–Kier alpha value is -0.620. The molecule has 0 aromatic carbocycles. The number of nitrogens with one attached hydrogen (secondary N) is 1. The summed E-state index contributed by atoms with van der Waals surface area (Å²) in [5.74, 6) is 1.67. The number of hydrogen-bond acceptors (Lipinski definition) is 5. The second kappa shape index (κ2) is 7.41. The predicted octanol–water partition coefficient (Wildman–Crippen LogP) is 2.59. The summed E-state index contributed by atoms with van der Waals surface area (Å²) in [6.45, 7) is 10.8. The van der Waals surface area contributed by atoms with Gasteiger partial charge in [-0.25, -0.2) is 4.68 Å². The Morgan fingerprint density at radius 1 is 1.30 bits per heavy atom. The van der Waals surface area contributed by atoms with E-state index in [4.69, 9.17) is 0 Å². The van der Waals surface area contributed by atoms with Gasteiger partial charge in [0.15, 0.2) is 0 Å². The first-order valence-corrected chi connectivity index (χ1v) is 8.60. The zero-order valence-corrected chi connectivity index (χ0v) is 13.9. The molecule has 1 saturated carbocycles. The van der Waals surface area contributed by atoms with Gasteiger partial charge in [0.25, 0.3) is 0 Å². The third-order valence-electron chi connectivity index (χ3n) is 4.20. The van der Waals surface area contributed by atoms with Gasteiger partial charge in [-0.15, -0.1) is 5.10 Å². The Morgan fingerprint density at radius 3 is 2.80 bits per heavy atom. The van der Waals surface area contributed by atoms with E-state index in [0.29, 0.717) is 11.3 Å². The summed E-state index contributed by atoms with van der Waals surface area (Å²) in [5.41, 5.74) is 0. The van der Waals surface area contributed by atoms with Gasteiger partial charge in [0.2, 0.25) is 5.16 Å². The van der Waals surface area contributed by atoms with Crippen LogP contribution < -0.4 is 5.32 Å². The van der Waals surface area contributed by atoms with Crippen molar-refractivity contribution in [1.82, 2.24) is 25.5 Å². The summed E-state index contributed by atoms with van der Waals surface area (Å²) in [6.07, 6.45) is 3.89. The average molecular weight is 297 g/mol. The van der Waals surface area contributed by atoms with E-state index < -0.39 is 0 Å². The summed E-state index contributed by atoms with van der Waals surface area (Å²) in [4.78, 5) is 0. The Morgan fingerprint density at radius 2 is 2.10 bits per heavy atom. The van der Waals surface area contributed by atoms with Crippen LogP contribution in [-0.2, 0) is 6.54 Å². The minimum atomic E-state index is 0.503. The molecule has 1 aromatic rings. The maximum absolute atomic E-state index is 4.19. The molecule has 1 heterocycles. The highest BCUT2D eigenvalue weighted by atomic mass is 32.2. The first-order valence-electron chi connectivity index (χ1n) is 7.72. The van der Waals surface area contributed by atoms with Gasteiger partial charge in [0, 0.05) is 17.8 Å². The molecule has 1 fully saturated rings. The van der Waals surface area contributed by atoms with Crippen molar-refractivity contribution in [3.63, 3.8) is 0 Å². The summed E-state index contributed by atoms with van der Waals surface area (Å²) in [5, 5.41) is 17.2. The lowest BCUT2D eigenvalue weighted by Crippen LogP contribution is -2.27. The fourth-order valence-electron chi connectivity index (χ4n) is 2.63. The van der Waals surface area contributed by atoms with E-state index >= 15 is 0 Å². The van der Waals surface area contributed by atoms with Crippen molar-refractivity contribution in [2.75, 3.05) is 6.54 Å². The van der Waals surface area contributed by atoms with Gasteiger partial charge in [0.05, 0.1) is 6.54 Å². The molecular weight excluding hydrogens is 270 g/mol. The first-order chi connectivity index (χ1) is 9.56. The predicted molar refractivity (Wildman–Crippen MR) is 82.8 cm³/mol. The van der Waals surface area contributed by atoms with Crippen LogP contribution in [0.5, 0.6) is 0 Å². The molecule has 0 spiro atoms. The molecule has 6 heteroatoms. The molecule has 1 aliphatic carbocycles. The van der Waals surface area contributed by atoms with Crippen molar-refractivity contribution < 1.29 is 0 Å². The molecule has 1 aliphatic rings. The highest BCUT2D eigenvalue weighted by Crippen LogP contribution is 2.37. The highest BCUT2D eigenvalue weighted by Gasteiger charge is 2.26. The fourth-order valence-corrected chi connectivity index (χ4v) is 3.92. The zero-order valence-electron chi connectivity index (χ0n) is 13.0. The number of rotatable bonds is 6. The molecule has 0 saturated heterocycles. The second-order valence-electron chi connectivity index (χ2n) is 6.30. The maximum Gasteiger partial charge on any atom is 0.209 e. The van der Waals surface area contributed by atoms with Gasteiger partial charge in [-0.3, -0.25) is 0 Å². The number of tetrazole rings is 1. The van der Waals surface area contributed by atoms with Crippen molar-refractivity contribution in [1.29, 1.82) is 0 Å². The lowest BCUT2D eigenvalue weighted by Gasteiger charge is -2.31. The molecule has 5 nitrogen and oxygen atoms in total. The average Bonchev–Trinajstić information content (AvgIpc) is 2.81. The van der Waals surface area contributed by atoms with E-state index in [9.17, 15) is 0 Å². The molecule has 0 radical (unpaired) electrons. The topological polar surface area (TPSA) is 55.6 Å². The van der Waals surface area contributed by atoms with Crippen molar-refractivity contribution in [3.05, 3.63) is 0 Å². The van der Waals surface area contributed by atoms with E-state index in [1.165, 1.54) is 19.3 Å². The Labute approximate surface area is 126 Å². The molecule has 20 heavy (non-hydrogen) atoms. The van der Waals surface area contributed by atoms with Crippen LogP contribution in [0.3, 0.4) is 0 Å². The molecule has 0 amide bonds. The van der Waals surface area contributed by atoms with Gasteiger partial charge in [0.1, 0.15) is 0 Å². The molecule has 0 bridgehead atoms. The van der Waals surface area contributed by atoms with Crippen molar-refractivity contribution in [2.24, 2.45) is 11.8 Å². The van der Waals surface area contributed by atoms with Gasteiger partial charge in [-0.2, -0.15) is 0 Å². The fraction of sp³-hybridized carbons (Fsp3) is 0.929. The molecule has 1 aromatic heterocycles. The SMILES string of the molecule is CC(C)NCCn1nnnc1SC1CCC(C)C(C)C1. The minimum absolute atomic E-state index is 0.503. The molecular formula is C14H27N5S. The summed E-state index contributed by atoms with van der Waals surface area (Å²) >= 11 is 1.86. The number of nitrogens with zero attached hydrogens (tertiary/aromatic N) is 4. The molecule has 2 rings (SSSR count). The van der Waals surface area contributed by atoms with Crippen molar-refractivity contribution in [2.45, 2.75) is 70.0 Å². The second-order valence-corrected chi connectivity index (χ2v) is 7.57. The lowest BCUT2D eigenvalue weighted by molar-refractivity contribution is 0.283. The van der Waals surface area contributed by atoms with Gasteiger partial charge >= 0.3 is 0 Å². The van der Waals surface area contributed by atoms with Crippen LogP contribution in [0.2, 0.25) is 0 Å². The monoisotopic (exact) mass is 297 g/mol. The smallest absolute Gasteiger partial charge is 0.209 e. The third-order valence-corrected chi connectivity index (χ3v) is 5.46. The Bertz CT molecular complexity index is 406. The van der Waals surface area contributed by atoms with Crippen LogP contribution in [0.1, 0.15) is 47.0 Å². The molecule has 1 N–H and O–H groups in total. The molecule has 3 unspecified atom stereocenters. The Kier molecular flexibility index (Phi) is 5.84. The lowest BCUT2D eigenvalue weighted by atomic mass is 9.81. The molecule has 3 atom stereocenters. The van der Waals surface area contributed by atoms with Crippen LogP contribution in [0.25, 0.3) is 0 Å². The summed E-state index contributed by atoms with van der Waals surface area (Å²) in [7, 11) is 0. The van der Waals surface area contributed by atoms with Crippen LogP contribution in [0, 0.1) is 11.8 Å².